The van der Waals surface area contributed by atoms with Crippen molar-refractivity contribution in [3.05, 3.63) is 23.8 Å². The summed E-state index contributed by atoms with van der Waals surface area (Å²) in [7, 11) is 1.43. The number of β-amino-alcohol motifs (C(OH)–C–C–N with tert-alkyl or cyclic N) is 1. The van der Waals surface area contributed by atoms with Gasteiger partial charge < -0.3 is 26.2 Å². The molecule has 1 saturated heterocycles. The molecule has 108 valence electrons. The molecule has 1 aliphatic heterocycles. The van der Waals surface area contributed by atoms with Gasteiger partial charge in [0.1, 0.15) is 17.4 Å². The third-order valence-corrected chi connectivity index (χ3v) is 3.36. The highest BCUT2D eigenvalue weighted by Gasteiger charge is 2.39. The van der Waals surface area contributed by atoms with Crippen molar-refractivity contribution in [2.45, 2.75) is 18.6 Å². The van der Waals surface area contributed by atoms with E-state index in [9.17, 15) is 14.7 Å². The van der Waals surface area contributed by atoms with Crippen LogP contribution in [0.15, 0.2) is 18.2 Å². The van der Waals surface area contributed by atoms with Gasteiger partial charge in [-0.15, -0.1) is 0 Å². The topological polar surface area (TPSA) is 119 Å². The van der Waals surface area contributed by atoms with E-state index in [1.165, 1.54) is 12.0 Å². The van der Waals surface area contributed by atoms with E-state index >= 15 is 0 Å². The number of nitrogens with two attached hydrogens (primary N) is 2. The van der Waals surface area contributed by atoms with Gasteiger partial charge in [0.15, 0.2) is 0 Å². The van der Waals surface area contributed by atoms with Gasteiger partial charge in [0.05, 0.1) is 13.2 Å². The summed E-state index contributed by atoms with van der Waals surface area (Å²) in [5, 5.41) is 9.65. The van der Waals surface area contributed by atoms with Gasteiger partial charge in [-0.05, 0) is 12.1 Å². The second-order valence-corrected chi connectivity index (χ2v) is 4.69. The summed E-state index contributed by atoms with van der Waals surface area (Å²) in [6, 6.07) is 4.01. The van der Waals surface area contributed by atoms with Crippen molar-refractivity contribution in [1.29, 1.82) is 0 Å². The first-order chi connectivity index (χ1) is 9.45. The van der Waals surface area contributed by atoms with E-state index < -0.39 is 24.0 Å². The van der Waals surface area contributed by atoms with Crippen molar-refractivity contribution < 1.29 is 19.4 Å². The van der Waals surface area contributed by atoms with Crippen molar-refractivity contribution in [1.82, 2.24) is 4.90 Å². The Morgan fingerprint density at radius 1 is 1.45 bits per heavy atom. The van der Waals surface area contributed by atoms with E-state index in [2.05, 4.69) is 0 Å². The Kier molecular flexibility index (Phi) is 3.80. The molecule has 5 N–H and O–H groups in total. The number of carbonyl (C=O) groups is 2. The molecule has 1 aromatic rings. The molecule has 20 heavy (non-hydrogen) atoms. The molecule has 7 nitrogen and oxygen atoms in total. The van der Waals surface area contributed by atoms with Gasteiger partial charge in [-0.1, -0.05) is 6.07 Å². The van der Waals surface area contributed by atoms with Crippen LogP contribution < -0.4 is 16.2 Å². The molecular formula is C13H17N3O4. The number of likely N-dealkylation sites (tertiary alicyclic amines) is 1. The van der Waals surface area contributed by atoms with Gasteiger partial charge in [-0.3, -0.25) is 9.59 Å². The molecule has 2 rings (SSSR count). The zero-order valence-electron chi connectivity index (χ0n) is 11.1. The number of nitrogens with zero attached hydrogens (tertiary/aromatic N) is 1. The predicted octanol–water partition coefficient (Wildman–Crippen LogP) is -0.662. The van der Waals surface area contributed by atoms with Crippen molar-refractivity contribution >= 4 is 17.5 Å². The number of carbonyl (C=O) groups excluding carboxylic acids is 2. The molecule has 0 radical (unpaired) electrons. The molecule has 7 heteroatoms. The number of primary amides is 1. The van der Waals surface area contributed by atoms with E-state index in [0.717, 1.165) is 0 Å². The number of anilines is 1. The average molecular weight is 279 g/mol. The first kappa shape index (κ1) is 14.1. The van der Waals surface area contributed by atoms with E-state index in [1.54, 1.807) is 18.2 Å². The van der Waals surface area contributed by atoms with Crippen molar-refractivity contribution in [2.24, 2.45) is 5.73 Å². The second kappa shape index (κ2) is 5.38. The summed E-state index contributed by atoms with van der Waals surface area (Å²) in [5.74, 6) is -0.803. The lowest BCUT2D eigenvalue weighted by molar-refractivity contribution is -0.121. The highest BCUT2D eigenvalue weighted by atomic mass is 16.5. The number of aliphatic hydroxyl groups is 1. The van der Waals surface area contributed by atoms with Crippen LogP contribution in [0.4, 0.5) is 5.69 Å². The lowest BCUT2D eigenvalue weighted by Crippen LogP contribution is -2.44. The van der Waals surface area contributed by atoms with Crippen LogP contribution in [0.3, 0.4) is 0 Å². The molecule has 2 amide bonds. The van der Waals surface area contributed by atoms with Crippen LogP contribution in [-0.4, -0.2) is 47.6 Å². The molecular weight excluding hydrogens is 262 g/mol. The SMILES string of the molecule is COc1cccc(N)c1C(=O)N1CC(O)CC1C(N)=O. The van der Waals surface area contributed by atoms with Crippen molar-refractivity contribution in [2.75, 3.05) is 19.4 Å². The van der Waals surface area contributed by atoms with Gasteiger partial charge in [0.2, 0.25) is 5.91 Å². The number of benzene rings is 1. The number of aliphatic hydroxyl groups excluding tert-OH is 1. The van der Waals surface area contributed by atoms with E-state index in [4.69, 9.17) is 16.2 Å². The Balaban J connectivity index is 2.38. The Bertz CT molecular complexity index is 546. The molecule has 2 atom stereocenters. The van der Waals surface area contributed by atoms with Crippen LogP contribution in [0.1, 0.15) is 16.8 Å². The number of rotatable bonds is 3. The minimum absolute atomic E-state index is 0.0456. The normalized spacial score (nSPS) is 21.8. The molecule has 2 unspecified atom stereocenters. The number of hydrogen-bond donors (Lipinski definition) is 3. The lowest BCUT2D eigenvalue weighted by Gasteiger charge is -2.23. The molecule has 0 aliphatic carbocycles. The van der Waals surface area contributed by atoms with Crippen LogP contribution in [-0.2, 0) is 4.79 Å². The number of methoxy groups -OCH3 is 1. The van der Waals surface area contributed by atoms with Gasteiger partial charge in [-0.25, -0.2) is 0 Å². The average Bonchev–Trinajstić information content (AvgIpc) is 2.80. The minimum atomic E-state index is -0.832. The molecule has 0 saturated carbocycles. The summed E-state index contributed by atoms with van der Waals surface area (Å²) in [6.45, 7) is 0.0456. The third-order valence-electron chi connectivity index (χ3n) is 3.36. The number of nitrogen functional groups attached to an aromatic ring is 1. The standard InChI is InChI=1S/C13H17N3O4/c1-20-10-4-2-3-8(14)11(10)13(19)16-6-7(17)5-9(16)12(15)18/h2-4,7,9,17H,5-6,14H2,1H3,(H2,15,18). The fourth-order valence-corrected chi connectivity index (χ4v) is 2.40. The minimum Gasteiger partial charge on any atom is -0.496 e. The molecule has 0 aromatic heterocycles. The maximum atomic E-state index is 12.6. The van der Waals surface area contributed by atoms with Gasteiger partial charge in [0, 0.05) is 18.7 Å². The predicted molar refractivity (Wildman–Crippen MR) is 72.0 cm³/mol. The lowest BCUT2D eigenvalue weighted by atomic mass is 10.1. The number of hydrogen-bond acceptors (Lipinski definition) is 5. The zero-order chi connectivity index (χ0) is 14.9. The van der Waals surface area contributed by atoms with Crippen LogP contribution in [0.2, 0.25) is 0 Å². The third kappa shape index (κ3) is 2.39. The Morgan fingerprint density at radius 2 is 2.15 bits per heavy atom. The van der Waals surface area contributed by atoms with Crippen LogP contribution >= 0.6 is 0 Å². The Morgan fingerprint density at radius 3 is 2.75 bits per heavy atom. The highest BCUT2D eigenvalue weighted by Crippen LogP contribution is 2.29. The van der Waals surface area contributed by atoms with Gasteiger partial charge in [-0.2, -0.15) is 0 Å². The van der Waals surface area contributed by atoms with E-state index in [0.29, 0.717) is 5.75 Å². The maximum Gasteiger partial charge on any atom is 0.260 e. The Labute approximate surface area is 116 Å². The fourth-order valence-electron chi connectivity index (χ4n) is 2.40. The first-order valence-corrected chi connectivity index (χ1v) is 6.16. The summed E-state index contributed by atoms with van der Waals surface area (Å²) in [5.41, 5.74) is 11.5. The first-order valence-electron chi connectivity index (χ1n) is 6.16. The van der Waals surface area contributed by atoms with Gasteiger partial charge in [0.25, 0.3) is 5.91 Å². The Hall–Kier alpha value is -2.28. The fraction of sp³-hybridized carbons (Fsp3) is 0.385. The highest BCUT2D eigenvalue weighted by molar-refractivity contribution is 6.04. The quantitative estimate of drug-likeness (QED) is 0.634. The zero-order valence-corrected chi connectivity index (χ0v) is 11.1. The van der Waals surface area contributed by atoms with Gasteiger partial charge >= 0.3 is 0 Å². The molecule has 1 aromatic carbocycles. The smallest absolute Gasteiger partial charge is 0.260 e. The molecule has 1 fully saturated rings. The molecule has 1 heterocycles. The summed E-state index contributed by atoms with van der Waals surface area (Å²) in [6.07, 6.45) is -0.636. The summed E-state index contributed by atoms with van der Waals surface area (Å²) < 4.78 is 5.12. The van der Waals surface area contributed by atoms with E-state index in [-0.39, 0.29) is 24.2 Å². The second-order valence-electron chi connectivity index (χ2n) is 4.69. The summed E-state index contributed by atoms with van der Waals surface area (Å²) >= 11 is 0. The molecule has 1 aliphatic rings. The number of amides is 2. The summed E-state index contributed by atoms with van der Waals surface area (Å²) in [4.78, 5) is 25.2. The molecule has 0 spiro atoms. The van der Waals surface area contributed by atoms with E-state index in [1.807, 2.05) is 0 Å². The van der Waals surface area contributed by atoms with Crippen LogP contribution in [0.5, 0.6) is 5.75 Å². The van der Waals surface area contributed by atoms with Crippen LogP contribution in [0.25, 0.3) is 0 Å². The molecule has 0 bridgehead atoms. The van der Waals surface area contributed by atoms with Crippen molar-refractivity contribution in [3.63, 3.8) is 0 Å². The maximum absolute atomic E-state index is 12.6. The monoisotopic (exact) mass is 279 g/mol. The van der Waals surface area contributed by atoms with Crippen molar-refractivity contribution in [3.8, 4) is 5.75 Å². The van der Waals surface area contributed by atoms with Crippen LogP contribution in [0, 0.1) is 0 Å². The largest absolute Gasteiger partial charge is 0.496 e. The number of ether oxygens (including phenoxy) is 1.